The molecule has 3 rings (SSSR count). The first-order valence-electron chi connectivity index (χ1n) is 9.21. The molecule has 156 valence electrons. The van der Waals surface area contributed by atoms with Gasteiger partial charge in [-0.3, -0.25) is 4.79 Å². The maximum Gasteiger partial charge on any atom is 0.274 e. The minimum atomic E-state index is -3.19. The van der Waals surface area contributed by atoms with Crippen LogP contribution in [0.5, 0.6) is 0 Å². The van der Waals surface area contributed by atoms with Crippen molar-refractivity contribution in [3.63, 3.8) is 0 Å². The van der Waals surface area contributed by atoms with Gasteiger partial charge in [0.2, 0.25) is 0 Å². The van der Waals surface area contributed by atoms with Gasteiger partial charge in [-0.15, -0.1) is 0 Å². The fourth-order valence-electron chi connectivity index (χ4n) is 3.10. The van der Waals surface area contributed by atoms with Gasteiger partial charge >= 0.3 is 0 Å². The topological polar surface area (TPSA) is 80.2 Å². The molecular formula is C19H21Cl2N3O3S2. The highest BCUT2D eigenvalue weighted by Gasteiger charge is 2.36. The van der Waals surface area contributed by atoms with E-state index >= 15 is 0 Å². The standard InChI is InChI=1S/C19H21Cl2N3O3S2/c1-2-8-28-19-22-10-16(21)17(23-19)18(25)24(14-7-9-29(26,27)12-14)11-13-5-3-4-6-15(13)20/h3-6,10,14H,2,7-9,11-12H2,1H3/t14-/m0/s1. The summed E-state index contributed by atoms with van der Waals surface area (Å²) in [6.07, 6.45) is 2.73. The van der Waals surface area contributed by atoms with E-state index in [9.17, 15) is 13.2 Å². The third-order valence-electron chi connectivity index (χ3n) is 4.57. The molecule has 1 saturated heterocycles. The lowest BCUT2D eigenvalue weighted by Crippen LogP contribution is -2.41. The van der Waals surface area contributed by atoms with Gasteiger partial charge in [-0.05, 0) is 24.5 Å². The van der Waals surface area contributed by atoms with E-state index in [0.29, 0.717) is 16.6 Å². The molecule has 0 bridgehead atoms. The van der Waals surface area contributed by atoms with Crippen molar-refractivity contribution >= 4 is 50.7 Å². The van der Waals surface area contributed by atoms with Gasteiger partial charge in [0, 0.05) is 23.4 Å². The number of thioether (sulfide) groups is 1. The first-order valence-corrected chi connectivity index (χ1v) is 12.8. The largest absolute Gasteiger partial charge is 0.329 e. The molecule has 1 aromatic heterocycles. The second kappa shape index (κ2) is 9.64. The van der Waals surface area contributed by atoms with E-state index in [-0.39, 0.29) is 28.8 Å². The SMILES string of the molecule is CCCSc1ncc(Cl)c(C(=O)N(Cc2ccccc2Cl)[C@H]2CCS(=O)(=O)C2)n1. The minimum Gasteiger partial charge on any atom is -0.329 e. The fourth-order valence-corrected chi connectivity index (χ4v) is 5.87. The smallest absolute Gasteiger partial charge is 0.274 e. The summed E-state index contributed by atoms with van der Waals surface area (Å²) in [6.45, 7) is 2.22. The van der Waals surface area contributed by atoms with Gasteiger partial charge in [-0.1, -0.05) is 60.1 Å². The molecule has 2 aromatic rings. The number of sulfone groups is 1. The Morgan fingerprint density at radius 2 is 2.03 bits per heavy atom. The summed E-state index contributed by atoms with van der Waals surface area (Å²) >= 11 is 14.0. The van der Waals surface area contributed by atoms with Crippen molar-refractivity contribution in [3.05, 3.63) is 51.8 Å². The normalized spacial score (nSPS) is 18.0. The Balaban J connectivity index is 1.95. The number of aromatic nitrogens is 2. The number of rotatable bonds is 7. The first-order chi connectivity index (χ1) is 13.8. The Morgan fingerprint density at radius 3 is 2.69 bits per heavy atom. The van der Waals surface area contributed by atoms with E-state index in [1.807, 2.05) is 19.1 Å². The van der Waals surface area contributed by atoms with Crippen LogP contribution in [0.1, 0.15) is 35.8 Å². The molecule has 29 heavy (non-hydrogen) atoms. The van der Waals surface area contributed by atoms with Crippen LogP contribution in [-0.4, -0.2) is 52.5 Å². The zero-order valence-corrected chi connectivity index (χ0v) is 19.0. The van der Waals surface area contributed by atoms with Crippen molar-refractivity contribution < 1.29 is 13.2 Å². The Kier molecular flexibility index (Phi) is 7.42. The Labute approximate surface area is 184 Å². The van der Waals surface area contributed by atoms with Crippen LogP contribution in [0.15, 0.2) is 35.6 Å². The monoisotopic (exact) mass is 473 g/mol. The molecule has 0 unspecified atom stereocenters. The van der Waals surface area contributed by atoms with E-state index in [4.69, 9.17) is 23.2 Å². The van der Waals surface area contributed by atoms with Crippen LogP contribution in [0.4, 0.5) is 0 Å². The van der Waals surface area contributed by atoms with Crippen LogP contribution in [0.3, 0.4) is 0 Å². The van der Waals surface area contributed by atoms with Crippen LogP contribution >= 0.6 is 35.0 Å². The van der Waals surface area contributed by atoms with Gasteiger partial charge in [-0.2, -0.15) is 0 Å². The zero-order chi connectivity index (χ0) is 21.0. The highest BCUT2D eigenvalue weighted by molar-refractivity contribution is 7.99. The van der Waals surface area contributed by atoms with Crippen LogP contribution in [-0.2, 0) is 16.4 Å². The second-order valence-electron chi connectivity index (χ2n) is 6.78. The summed E-state index contributed by atoms with van der Waals surface area (Å²) < 4.78 is 24.1. The molecule has 0 spiro atoms. The third kappa shape index (κ3) is 5.63. The lowest BCUT2D eigenvalue weighted by atomic mass is 10.1. The predicted octanol–water partition coefficient (Wildman–Crippen LogP) is 4.12. The summed E-state index contributed by atoms with van der Waals surface area (Å²) in [5, 5.41) is 1.12. The number of hydrogen-bond acceptors (Lipinski definition) is 6. The summed E-state index contributed by atoms with van der Waals surface area (Å²) in [6, 6.07) is 6.72. The Bertz CT molecular complexity index is 1000. The quantitative estimate of drug-likeness (QED) is 0.444. The molecule has 2 heterocycles. The first kappa shape index (κ1) is 22.3. The molecule has 6 nitrogen and oxygen atoms in total. The molecule has 0 N–H and O–H groups in total. The fraction of sp³-hybridized carbons (Fsp3) is 0.421. The van der Waals surface area contributed by atoms with Gasteiger partial charge < -0.3 is 4.90 Å². The number of hydrogen-bond donors (Lipinski definition) is 0. The number of benzene rings is 1. The number of nitrogens with zero attached hydrogens (tertiary/aromatic N) is 3. The Hall–Kier alpha value is -1.35. The van der Waals surface area contributed by atoms with E-state index in [2.05, 4.69) is 9.97 Å². The maximum absolute atomic E-state index is 13.4. The Morgan fingerprint density at radius 1 is 1.28 bits per heavy atom. The number of carbonyl (C=O) groups is 1. The molecule has 1 aliphatic rings. The van der Waals surface area contributed by atoms with Crippen LogP contribution in [0, 0.1) is 0 Å². The molecule has 1 fully saturated rings. The summed E-state index contributed by atoms with van der Waals surface area (Å²) in [5.41, 5.74) is 0.814. The van der Waals surface area contributed by atoms with Gasteiger partial charge in [0.1, 0.15) is 0 Å². The van der Waals surface area contributed by atoms with E-state index < -0.39 is 21.8 Å². The van der Waals surface area contributed by atoms with Gasteiger partial charge in [0.05, 0.1) is 22.7 Å². The highest BCUT2D eigenvalue weighted by atomic mass is 35.5. The third-order valence-corrected chi connectivity index (χ3v) is 8.03. The van der Waals surface area contributed by atoms with E-state index in [1.54, 1.807) is 12.1 Å². The van der Waals surface area contributed by atoms with E-state index in [1.165, 1.54) is 22.9 Å². The van der Waals surface area contributed by atoms with Crippen LogP contribution in [0.25, 0.3) is 0 Å². The molecule has 1 aromatic carbocycles. The van der Waals surface area contributed by atoms with E-state index in [0.717, 1.165) is 17.7 Å². The van der Waals surface area contributed by atoms with Gasteiger partial charge in [-0.25, -0.2) is 18.4 Å². The molecule has 1 amide bonds. The van der Waals surface area contributed by atoms with Crippen molar-refractivity contribution in [2.45, 2.75) is 37.5 Å². The van der Waals surface area contributed by atoms with Crippen molar-refractivity contribution in [1.82, 2.24) is 14.9 Å². The summed E-state index contributed by atoms with van der Waals surface area (Å²) in [4.78, 5) is 23.4. The maximum atomic E-state index is 13.4. The van der Waals surface area contributed by atoms with Crippen molar-refractivity contribution in [2.24, 2.45) is 0 Å². The molecule has 0 radical (unpaired) electrons. The summed E-state index contributed by atoms with van der Waals surface area (Å²) in [5.74, 6) is 0.375. The molecule has 0 saturated carbocycles. The van der Waals surface area contributed by atoms with Crippen molar-refractivity contribution in [2.75, 3.05) is 17.3 Å². The second-order valence-corrected chi connectivity index (χ2v) is 10.9. The van der Waals surface area contributed by atoms with Crippen LogP contribution in [0.2, 0.25) is 10.0 Å². The average Bonchev–Trinajstić information content (AvgIpc) is 3.05. The highest BCUT2D eigenvalue weighted by Crippen LogP contribution is 2.27. The zero-order valence-electron chi connectivity index (χ0n) is 15.8. The molecule has 1 atom stereocenters. The summed E-state index contributed by atoms with van der Waals surface area (Å²) in [7, 11) is -3.19. The minimum absolute atomic E-state index is 0.0546. The predicted molar refractivity (Wildman–Crippen MR) is 116 cm³/mol. The average molecular weight is 474 g/mol. The van der Waals surface area contributed by atoms with Crippen molar-refractivity contribution in [1.29, 1.82) is 0 Å². The number of amides is 1. The molecular weight excluding hydrogens is 453 g/mol. The molecule has 1 aliphatic heterocycles. The van der Waals surface area contributed by atoms with Crippen molar-refractivity contribution in [3.8, 4) is 0 Å². The van der Waals surface area contributed by atoms with Gasteiger partial charge in [0.25, 0.3) is 5.91 Å². The lowest BCUT2D eigenvalue weighted by molar-refractivity contribution is 0.0674. The lowest BCUT2D eigenvalue weighted by Gasteiger charge is -2.28. The number of halogens is 2. The van der Waals surface area contributed by atoms with Crippen LogP contribution < -0.4 is 0 Å². The number of carbonyl (C=O) groups excluding carboxylic acids is 1. The van der Waals surface area contributed by atoms with Gasteiger partial charge in [0.15, 0.2) is 20.7 Å². The molecule has 0 aliphatic carbocycles. The molecule has 10 heteroatoms.